The summed E-state index contributed by atoms with van der Waals surface area (Å²) in [7, 11) is 1.59. The van der Waals surface area contributed by atoms with E-state index in [0.29, 0.717) is 25.3 Å². The molecule has 2 aromatic carbocycles. The predicted molar refractivity (Wildman–Crippen MR) is 102 cm³/mol. The van der Waals surface area contributed by atoms with Crippen molar-refractivity contribution < 1.29 is 9.84 Å². The number of guanidine groups is 1. The maximum absolute atomic E-state index is 10.0. The smallest absolute Gasteiger partial charge is 0.191 e. The highest BCUT2D eigenvalue weighted by atomic mass is 16.5. The van der Waals surface area contributed by atoms with E-state index in [1.54, 1.807) is 13.2 Å². The van der Waals surface area contributed by atoms with Crippen molar-refractivity contribution >= 4 is 5.96 Å². The molecule has 0 aliphatic carbocycles. The molecule has 0 fully saturated rings. The Morgan fingerprint density at radius 1 is 1.16 bits per heavy atom. The van der Waals surface area contributed by atoms with Crippen LogP contribution in [0.15, 0.2) is 47.5 Å². The second kappa shape index (κ2) is 9.57. The van der Waals surface area contributed by atoms with Gasteiger partial charge in [0.15, 0.2) is 5.96 Å². The van der Waals surface area contributed by atoms with E-state index in [1.165, 1.54) is 11.1 Å². The lowest BCUT2D eigenvalue weighted by Gasteiger charge is -2.12. The van der Waals surface area contributed by atoms with E-state index in [-0.39, 0.29) is 5.75 Å². The summed E-state index contributed by atoms with van der Waals surface area (Å²) in [6.07, 6.45) is 0.699. The van der Waals surface area contributed by atoms with E-state index in [2.05, 4.69) is 40.7 Å². The number of hydrogen-bond donors (Lipinski definition) is 3. The number of aromatic hydroxyl groups is 1. The lowest BCUT2D eigenvalue weighted by Crippen LogP contribution is -2.38. The number of benzene rings is 2. The van der Waals surface area contributed by atoms with Gasteiger partial charge in [0.1, 0.15) is 11.5 Å². The zero-order chi connectivity index (χ0) is 18.1. The first-order valence-corrected chi connectivity index (χ1v) is 8.56. The van der Waals surface area contributed by atoms with Crippen molar-refractivity contribution in [2.45, 2.75) is 26.8 Å². The number of nitrogens with one attached hydrogen (secondary N) is 2. The highest BCUT2D eigenvalue weighted by Crippen LogP contribution is 2.23. The Morgan fingerprint density at radius 3 is 2.68 bits per heavy atom. The van der Waals surface area contributed by atoms with Gasteiger partial charge in [-0.3, -0.25) is 0 Å². The van der Waals surface area contributed by atoms with Crippen LogP contribution in [-0.2, 0) is 13.0 Å². The molecule has 2 rings (SSSR count). The molecular weight excluding hydrogens is 314 g/mol. The van der Waals surface area contributed by atoms with Crippen LogP contribution in [0.2, 0.25) is 0 Å². The number of aryl methyl sites for hydroxylation is 1. The molecule has 25 heavy (non-hydrogen) atoms. The van der Waals surface area contributed by atoms with Gasteiger partial charge in [-0.2, -0.15) is 0 Å². The third kappa shape index (κ3) is 6.03. The van der Waals surface area contributed by atoms with Gasteiger partial charge >= 0.3 is 0 Å². The molecule has 134 valence electrons. The fourth-order valence-corrected chi connectivity index (χ4v) is 2.52. The summed E-state index contributed by atoms with van der Waals surface area (Å²) in [5, 5.41) is 16.6. The van der Waals surface area contributed by atoms with Gasteiger partial charge in [-0.15, -0.1) is 0 Å². The Morgan fingerprint density at radius 2 is 2.00 bits per heavy atom. The van der Waals surface area contributed by atoms with E-state index >= 15 is 0 Å². The maximum atomic E-state index is 10.0. The Labute approximate surface area is 149 Å². The molecule has 0 spiro atoms. The minimum atomic E-state index is 0.253. The average Bonchev–Trinajstić information content (AvgIpc) is 2.61. The van der Waals surface area contributed by atoms with Gasteiger partial charge in [-0.05, 0) is 37.5 Å². The quantitative estimate of drug-likeness (QED) is 0.535. The number of phenols is 1. The number of hydrogen-bond acceptors (Lipinski definition) is 3. The minimum Gasteiger partial charge on any atom is -0.508 e. The molecule has 0 unspecified atom stereocenters. The summed E-state index contributed by atoms with van der Waals surface area (Å²) >= 11 is 0. The van der Waals surface area contributed by atoms with Gasteiger partial charge in [0, 0.05) is 19.2 Å². The van der Waals surface area contributed by atoms with E-state index in [0.717, 1.165) is 18.1 Å². The molecule has 5 heteroatoms. The first kappa shape index (κ1) is 18.6. The first-order valence-electron chi connectivity index (χ1n) is 8.56. The third-order valence-electron chi connectivity index (χ3n) is 3.83. The van der Waals surface area contributed by atoms with Crippen LogP contribution in [0.5, 0.6) is 11.5 Å². The summed E-state index contributed by atoms with van der Waals surface area (Å²) in [6.45, 7) is 6.23. The average molecular weight is 341 g/mol. The molecular formula is C20H27N3O2. The van der Waals surface area contributed by atoms with Crippen molar-refractivity contribution in [2.75, 3.05) is 20.2 Å². The molecule has 0 saturated carbocycles. The van der Waals surface area contributed by atoms with Crippen molar-refractivity contribution in [1.29, 1.82) is 0 Å². The second-order valence-corrected chi connectivity index (χ2v) is 5.86. The van der Waals surface area contributed by atoms with Crippen LogP contribution in [0.4, 0.5) is 0 Å². The monoisotopic (exact) mass is 341 g/mol. The van der Waals surface area contributed by atoms with Crippen LogP contribution in [0.25, 0.3) is 0 Å². The third-order valence-corrected chi connectivity index (χ3v) is 3.83. The van der Waals surface area contributed by atoms with Crippen LogP contribution in [0.3, 0.4) is 0 Å². The SMILES string of the molecule is CCNC(=NCc1cccc(C)c1)NCCc1ccc(OC)cc1O. The summed E-state index contributed by atoms with van der Waals surface area (Å²) in [5.41, 5.74) is 3.30. The van der Waals surface area contributed by atoms with Gasteiger partial charge < -0.3 is 20.5 Å². The molecule has 5 nitrogen and oxygen atoms in total. The number of ether oxygens (including phenoxy) is 1. The largest absolute Gasteiger partial charge is 0.508 e. The first-order chi connectivity index (χ1) is 12.1. The molecule has 0 amide bonds. The van der Waals surface area contributed by atoms with Crippen LogP contribution in [0, 0.1) is 6.92 Å². The highest BCUT2D eigenvalue weighted by Gasteiger charge is 2.04. The Bertz CT molecular complexity index is 714. The van der Waals surface area contributed by atoms with Crippen LogP contribution in [0.1, 0.15) is 23.6 Å². The summed E-state index contributed by atoms with van der Waals surface area (Å²) in [4.78, 5) is 4.62. The van der Waals surface area contributed by atoms with Crippen molar-refractivity contribution in [3.05, 3.63) is 59.2 Å². The Hall–Kier alpha value is -2.69. The molecule has 0 bridgehead atoms. The molecule has 0 atom stereocenters. The summed E-state index contributed by atoms with van der Waals surface area (Å²) in [6, 6.07) is 13.7. The van der Waals surface area contributed by atoms with Gasteiger partial charge in [0.2, 0.25) is 0 Å². The van der Waals surface area contributed by atoms with Crippen LogP contribution in [-0.4, -0.2) is 31.3 Å². The van der Waals surface area contributed by atoms with Crippen molar-refractivity contribution in [2.24, 2.45) is 4.99 Å². The fourth-order valence-electron chi connectivity index (χ4n) is 2.52. The summed E-state index contributed by atoms with van der Waals surface area (Å²) in [5.74, 6) is 1.68. The highest BCUT2D eigenvalue weighted by molar-refractivity contribution is 5.79. The Kier molecular flexibility index (Phi) is 7.14. The molecule has 0 aromatic heterocycles. The van der Waals surface area contributed by atoms with Gasteiger partial charge in [0.05, 0.1) is 13.7 Å². The lowest BCUT2D eigenvalue weighted by molar-refractivity contribution is 0.406. The number of aliphatic imine (C=N–C) groups is 1. The number of phenolic OH excluding ortho intramolecular Hbond substituents is 1. The minimum absolute atomic E-state index is 0.253. The molecule has 0 radical (unpaired) electrons. The van der Waals surface area contributed by atoms with Gasteiger partial charge in [-0.25, -0.2) is 4.99 Å². The molecule has 0 aliphatic rings. The number of rotatable bonds is 7. The number of methoxy groups -OCH3 is 1. The zero-order valence-corrected chi connectivity index (χ0v) is 15.2. The van der Waals surface area contributed by atoms with E-state index < -0.39 is 0 Å². The zero-order valence-electron chi connectivity index (χ0n) is 15.2. The van der Waals surface area contributed by atoms with Crippen molar-refractivity contribution in [3.8, 4) is 11.5 Å². The molecule has 0 saturated heterocycles. The van der Waals surface area contributed by atoms with Gasteiger partial charge in [-0.1, -0.05) is 35.9 Å². The van der Waals surface area contributed by atoms with Crippen molar-refractivity contribution in [3.63, 3.8) is 0 Å². The van der Waals surface area contributed by atoms with Crippen LogP contribution < -0.4 is 15.4 Å². The standard InChI is InChI=1S/C20H27N3O2/c1-4-21-20(23-14-16-7-5-6-15(2)12-16)22-11-10-17-8-9-18(25-3)13-19(17)24/h5-9,12-13,24H,4,10-11,14H2,1-3H3,(H2,21,22,23). The molecule has 2 aromatic rings. The molecule has 3 N–H and O–H groups in total. The molecule has 0 aliphatic heterocycles. The fraction of sp³-hybridized carbons (Fsp3) is 0.350. The van der Waals surface area contributed by atoms with E-state index in [4.69, 9.17) is 4.74 Å². The maximum Gasteiger partial charge on any atom is 0.191 e. The van der Waals surface area contributed by atoms with E-state index in [9.17, 15) is 5.11 Å². The second-order valence-electron chi connectivity index (χ2n) is 5.86. The predicted octanol–water partition coefficient (Wildman–Crippen LogP) is 3.01. The Balaban J connectivity index is 1.91. The van der Waals surface area contributed by atoms with Gasteiger partial charge in [0.25, 0.3) is 0 Å². The van der Waals surface area contributed by atoms with Crippen molar-refractivity contribution in [1.82, 2.24) is 10.6 Å². The topological polar surface area (TPSA) is 65.9 Å². The lowest BCUT2D eigenvalue weighted by atomic mass is 10.1. The van der Waals surface area contributed by atoms with Crippen LogP contribution >= 0.6 is 0 Å². The molecule has 0 heterocycles. The normalized spacial score (nSPS) is 11.2. The summed E-state index contributed by atoms with van der Waals surface area (Å²) < 4.78 is 5.10. The van der Waals surface area contributed by atoms with E-state index in [1.807, 2.05) is 25.1 Å². The number of nitrogens with zero attached hydrogens (tertiary/aromatic N) is 1.